The summed E-state index contributed by atoms with van der Waals surface area (Å²) in [5.74, 6) is 0.135. The fraction of sp³-hybridized carbons (Fsp3) is 0.143. The number of carbonyl (C=O) groups excluding carboxylic acids is 2. The highest BCUT2D eigenvalue weighted by Crippen LogP contribution is 2.23. The van der Waals surface area contributed by atoms with E-state index in [2.05, 4.69) is 9.97 Å². The van der Waals surface area contributed by atoms with Crippen LogP contribution in [0.2, 0.25) is 0 Å². The average Bonchev–Trinajstić information content (AvgIpc) is 2.74. The zero-order valence-corrected chi connectivity index (χ0v) is 11.3. The molecule has 0 atom stereocenters. The highest BCUT2D eigenvalue weighted by Gasteiger charge is 2.34. The molecule has 0 spiro atoms. The molecule has 0 unspecified atom stereocenters. The van der Waals surface area contributed by atoms with Crippen LogP contribution in [-0.2, 0) is 0 Å². The summed E-state index contributed by atoms with van der Waals surface area (Å²) in [5, 5.41) is 0.643. The molecule has 1 aliphatic rings. The van der Waals surface area contributed by atoms with Crippen LogP contribution in [0, 0.1) is 0 Å². The third kappa shape index (κ3) is 2.30. The smallest absolute Gasteiger partial charge is 0.261 e. The normalized spacial score (nSPS) is 13.7. The van der Waals surface area contributed by atoms with Crippen LogP contribution in [0.4, 0.5) is 0 Å². The van der Waals surface area contributed by atoms with Crippen molar-refractivity contribution in [1.82, 2.24) is 14.9 Å². The summed E-state index contributed by atoms with van der Waals surface area (Å²) in [4.78, 5) is 33.7. The topological polar surface area (TPSA) is 63.2 Å². The van der Waals surface area contributed by atoms with Crippen LogP contribution < -0.4 is 0 Å². The number of aromatic nitrogens is 2. The van der Waals surface area contributed by atoms with Crippen molar-refractivity contribution in [1.29, 1.82) is 0 Å². The molecule has 0 fully saturated rings. The molecule has 1 aliphatic heterocycles. The fourth-order valence-electron chi connectivity index (χ4n) is 2.03. The van der Waals surface area contributed by atoms with Gasteiger partial charge < -0.3 is 0 Å². The number of fused-ring (bicyclic) bond motifs is 1. The van der Waals surface area contributed by atoms with Gasteiger partial charge in [0.2, 0.25) is 0 Å². The maximum atomic E-state index is 12.1. The standard InChI is InChI=1S/C14H11N3O2S/c18-12-10-4-1-2-5-11(10)13(19)17(12)8-9-20-14-15-6-3-7-16-14/h1-7H,8-9H2. The van der Waals surface area contributed by atoms with Gasteiger partial charge in [0.25, 0.3) is 11.8 Å². The Labute approximate surface area is 120 Å². The van der Waals surface area contributed by atoms with Crippen molar-refractivity contribution in [2.75, 3.05) is 12.3 Å². The van der Waals surface area contributed by atoms with Gasteiger partial charge in [0.15, 0.2) is 5.16 Å². The summed E-state index contributed by atoms with van der Waals surface area (Å²) in [6, 6.07) is 8.64. The van der Waals surface area contributed by atoms with Gasteiger partial charge in [-0.2, -0.15) is 0 Å². The first-order valence-corrected chi connectivity index (χ1v) is 7.11. The minimum atomic E-state index is -0.222. The first-order chi connectivity index (χ1) is 9.77. The Morgan fingerprint density at radius 2 is 1.55 bits per heavy atom. The summed E-state index contributed by atoms with van der Waals surface area (Å²) < 4.78 is 0. The third-order valence-corrected chi connectivity index (χ3v) is 3.82. The molecule has 0 radical (unpaired) electrons. The zero-order chi connectivity index (χ0) is 13.9. The number of hydrogen-bond acceptors (Lipinski definition) is 5. The monoisotopic (exact) mass is 285 g/mol. The predicted molar refractivity (Wildman–Crippen MR) is 74.6 cm³/mol. The summed E-state index contributed by atoms with van der Waals surface area (Å²) in [6.07, 6.45) is 3.33. The first-order valence-electron chi connectivity index (χ1n) is 6.12. The molecule has 20 heavy (non-hydrogen) atoms. The summed E-state index contributed by atoms with van der Waals surface area (Å²) >= 11 is 1.42. The van der Waals surface area contributed by atoms with Crippen molar-refractivity contribution >= 4 is 23.6 Å². The van der Waals surface area contributed by atoms with Gasteiger partial charge >= 0.3 is 0 Å². The molecule has 0 saturated carbocycles. The van der Waals surface area contributed by atoms with E-state index in [4.69, 9.17) is 0 Å². The lowest BCUT2D eigenvalue weighted by molar-refractivity contribution is 0.0664. The van der Waals surface area contributed by atoms with Crippen LogP contribution in [0.15, 0.2) is 47.9 Å². The second kappa shape index (κ2) is 5.42. The van der Waals surface area contributed by atoms with Gasteiger partial charge in [0.05, 0.1) is 11.1 Å². The lowest BCUT2D eigenvalue weighted by Crippen LogP contribution is -2.31. The zero-order valence-electron chi connectivity index (χ0n) is 10.5. The van der Waals surface area contributed by atoms with Gasteiger partial charge in [-0.25, -0.2) is 9.97 Å². The predicted octanol–water partition coefficient (Wildman–Crippen LogP) is 1.86. The van der Waals surface area contributed by atoms with Crippen LogP contribution in [-0.4, -0.2) is 39.0 Å². The third-order valence-electron chi connectivity index (χ3n) is 2.97. The summed E-state index contributed by atoms with van der Waals surface area (Å²) in [7, 11) is 0. The molecular weight excluding hydrogens is 274 g/mol. The van der Waals surface area contributed by atoms with Crippen LogP contribution >= 0.6 is 11.8 Å². The number of carbonyl (C=O) groups is 2. The number of rotatable bonds is 4. The molecule has 0 aliphatic carbocycles. The Kier molecular flexibility index (Phi) is 3.47. The van der Waals surface area contributed by atoms with Crippen molar-refractivity contribution in [3.8, 4) is 0 Å². The number of hydrogen-bond donors (Lipinski definition) is 0. The van der Waals surface area contributed by atoms with Crippen LogP contribution in [0.5, 0.6) is 0 Å². The van der Waals surface area contributed by atoms with Crippen LogP contribution in [0.3, 0.4) is 0 Å². The van der Waals surface area contributed by atoms with E-state index in [0.717, 1.165) is 0 Å². The van der Waals surface area contributed by atoms with Gasteiger partial charge in [0.1, 0.15) is 0 Å². The van der Waals surface area contributed by atoms with Crippen LogP contribution in [0.25, 0.3) is 0 Å². The Hall–Kier alpha value is -2.21. The maximum absolute atomic E-state index is 12.1. The molecule has 5 nitrogen and oxygen atoms in total. The lowest BCUT2D eigenvalue weighted by Gasteiger charge is -2.12. The molecule has 3 rings (SSSR count). The number of imide groups is 1. The molecule has 0 N–H and O–H groups in total. The van der Waals surface area contributed by atoms with Gasteiger partial charge in [-0.1, -0.05) is 23.9 Å². The molecule has 1 aromatic heterocycles. The van der Waals surface area contributed by atoms with Crippen molar-refractivity contribution in [3.05, 3.63) is 53.9 Å². The molecule has 100 valence electrons. The molecule has 6 heteroatoms. The van der Waals surface area contributed by atoms with Crippen molar-refractivity contribution in [2.24, 2.45) is 0 Å². The SMILES string of the molecule is O=C1c2ccccc2C(=O)N1CCSc1ncccn1. The molecular formula is C14H11N3O2S. The quantitative estimate of drug-likeness (QED) is 0.487. The lowest BCUT2D eigenvalue weighted by atomic mass is 10.1. The molecule has 0 saturated heterocycles. The van der Waals surface area contributed by atoms with Gasteiger partial charge in [0, 0.05) is 24.7 Å². The molecule has 2 heterocycles. The number of benzene rings is 1. The Balaban J connectivity index is 1.65. The largest absolute Gasteiger partial charge is 0.273 e. The number of amides is 2. The highest BCUT2D eigenvalue weighted by atomic mass is 32.2. The minimum absolute atomic E-state index is 0.222. The fourth-order valence-corrected chi connectivity index (χ4v) is 2.76. The Bertz CT molecular complexity index is 625. The van der Waals surface area contributed by atoms with Crippen molar-refractivity contribution in [3.63, 3.8) is 0 Å². The second-order valence-corrected chi connectivity index (χ2v) is 5.25. The second-order valence-electron chi connectivity index (χ2n) is 4.19. The Morgan fingerprint density at radius 1 is 0.950 bits per heavy atom. The van der Waals surface area contributed by atoms with E-state index >= 15 is 0 Å². The Morgan fingerprint density at radius 3 is 2.15 bits per heavy atom. The first kappa shape index (κ1) is 12.8. The van der Waals surface area contributed by atoms with Crippen molar-refractivity contribution < 1.29 is 9.59 Å². The summed E-state index contributed by atoms with van der Waals surface area (Å²) in [6.45, 7) is 0.356. The summed E-state index contributed by atoms with van der Waals surface area (Å²) in [5.41, 5.74) is 0.969. The van der Waals surface area contributed by atoms with E-state index in [1.165, 1.54) is 16.7 Å². The molecule has 2 amide bonds. The maximum Gasteiger partial charge on any atom is 0.261 e. The average molecular weight is 285 g/mol. The molecule has 0 bridgehead atoms. The number of nitrogens with zero attached hydrogens (tertiary/aromatic N) is 3. The number of thioether (sulfide) groups is 1. The van der Waals surface area contributed by atoms with Gasteiger partial charge in [-0.3, -0.25) is 14.5 Å². The van der Waals surface area contributed by atoms with E-state index in [-0.39, 0.29) is 11.8 Å². The van der Waals surface area contributed by atoms with E-state index in [1.54, 1.807) is 42.7 Å². The van der Waals surface area contributed by atoms with E-state index < -0.39 is 0 Å². The van der Waals surface area contributed by atoms with Gasteiger partial charge in [-0.05, 0) is 18.2 Å². The molecule has 2 aromatic rings. The van der Waals surface area contributed by atoms with Crippen molar-refractivity contribution in [2.45, 2.75) is 5.16 Å². The van der Waals surface area contributed by atoms with E-state index in [9.17, 15) is 9.59 Å². The molecule has 1 aromatic carbocycles. The highest BCUT2D eigenvalue weighted by molar-refractivity contribution is 7.99. The van der Waals surface area contributed by atoms with Crippen LogP contribution in [0.1, 0.15) is 20.7 Å². The van der Waals surface area contributed by atoms with E-state index in [1.807, 2.05) is 0 Å². The van der Waals surface area contributed by atoms with Gasteiger partial charge in [-0.15, -0.1) is 0 Å². The minimum Gasteiger partial charge on any atom is -0.273 e. The van der Waals surface area contributed by atoms with E-state index in [0.29, 0.717) is 28.6 Å².